The van der Waals surface area contributed by atoms with Crippen LogP contribution >= 0.6 is 7.26 Å². The quantitative estimate of drug-likeness (QED) is 0.536. The van der Waals surface area contributed by atoms with Gasteiger partial charge in [-0.25, -0.2) is 0 Å². The van der Waals surface area contributed by atoms with E-state index in [-0.39, 0.29) is 0 Å². The van der Waals surface area contributed by atoms with Gasteiger partial charge in [-0.05, 0) is 24.6 Å². The Labute approximate surface area is 60.4 Å². The summed E-state index contributed by atoms with van der Waals surface area (Å²) in [5.41, 5.74) is 0. The minimum absolute atomic E-state index is 0.420. The van der Waals surface area contributed by atoms with E-state index in [0.717, 1.165) is 0 Å². The molecule has 0 aromatic heterocycles. The van der Waals surface area contributed by atoms with Gasteiger partial charge in [-0.3, -0.25) is 0 Å². The van der Waals surface area contributed by atoms with E-state index in [1.807, 2.05) is 0 Å². The van der Waals surface area contributed by atoms with Gasteiger partial charge in [-0.15, -0.1) is 7.26 Å². The molecule has 0 aromatic rings. The third-order valence-corrected chi connectivity index (χ3v) is 8.05. The van der Waals surface area contributed by atoms with Gasteiger partial charge in [0.05, 0.1) is 0 Å². The molecule has 1 heteroatoms. The van der Waals surface area contributed by atoms with Crippen molar-refractivity contribution in [3.63, 3.8) is 0 Å². The molecule has 0 rings (SSSR count). The first kappa shape index (κ1) is 9.43. The summed E-state index contributed by atoms with van der Waals surface area (Å²) >= 11 is 0. The zero-order valence-corrected chi connectivity index (χ0v) is 8.17. The van der Waals surface area contributed by atoms with Crippen LogP contribution < -0.4 is 0 Å². The molecule has 0 amide bonds. The van der Waals surface area contributed by atoms with Crippen molar-refractivity contribution in [2.45, 2.75) is 27.7 Å². The van der Waals surface area contributed by atoms with Gasteiger partial charge in [0.25, 0.3) is 0 Å². The predicted octanol–water partition coefficient (Wildman–Crippen LogP) is 3.08. The molecular weight excluding hydrogens is 127 g/mol. The summed E-state index contributed by atoms with van der Waals surface area (Å²) < 4.78 is 0. The van der Waals surface area contributed by atoms with Gasteiger partial charge in [0.15, 0.2) is 0 Å². The van der Waals surface area contributed by atoms with Gasteiger partial charge in [0.2, 0.25) is 0 Å². The van der Waals surface area contributed by atoms with E-state index in [4.69, 9.17) is 0 Å². The van der Waals surface area contributed by atoms with Crippen molar-refractivity contribution in [2.75, 3.05) is 24.6 Å². The molecule has 0 aliphatic rings. The number of hydrogen-bond donors (Lipinski definition) is 0. The first-order valence-electron chi connectivity index (χ1n) is 4.09. The van der Waals surface area contributed by atoms with Crippen LogP contribution in [0.4, 0.5) is 0 Å². The summed E-state index contributed by atoms with van der Waals surface area (Å²) in [5, 5.41) is 0. The molecule has 0 unspecified atom stereocenters. The maximum Gasteiger partial charge on any atom is -0.0388 e. The molecule has 0 aliphatic carbocycles. The fourth-order valence-electron chi connectivity index (χ4n) is 1.34. The van der Waals surface area contributed by atoms with Crippen molar-refractivity contribution in [3.05, 3.63) is 0 Å². The van der Waals surface area contributed by atoms with Crippen LogP contribution in [0, 0.1) is 0 Å². The molecule has 9 heavy (non-hydrogen) atoms. The Morgan fingerprint density at radius 1 is 0.667 bits per heavy atom. The molecule has 0 bridgehead atoms. The van der Waals surface area contributed by atoms with E-state index in [0.29, 0.717) is 0 Å². The van der Waals surface area contributed by atoms with Crippen LogP contribution in [0.2, 0.25) is 0 Å². The lowest BCUT2D eigenvalue weighted by Crippen LogP contribution is -2.04. The molecule has 0 saturated carbocycles. The van der Waals surface area contributed by atoms with Crippen LogP contribution in [-0.4, -0.2) is 24.6 Å². The van der Waals surface area contributed by atoms with Gasteiger partial charge >= 0.3 is 0 Å². The molecule has 0 aliphatic heterocycles. The van der Waals surface area contributed by atoms with E-state index < -0.39 is 7.26 Å². The molecule has 1 radical (unpaired) electrons. The lowest BCUT2D eigenvalue weighted by Gasteiger charge is -2.31. The minimum atomic E-state index is -0.420. The van der Waals surface area contributed by atoms with E-state index in [1.54, 1.807) is 0 Å². The largest absolute Gasteiger partial charge is 0.126 e. The van der Waals surface area contributed by atoms with Gasteiger partial charge < -0.3 is 0 Å². The average Bonchev–Trinajstić information content (AvgIpc) is 1.95. The minimum Gasteiger partial charge on any atom is -0.126 e. The Hall–Kier alpha value is 0.430. The predicted molar refractivity (Wildman–Crippen MR) is 49.1 cm³/mol. The van der Waals surface area contributed by atoms with Crippen molar-refractivity contribution >= 4 is 7.26 Å². The van der Waals surface area contributed by atoms with E-state index >= 15 is 0 Å². The van der Waals surface area contributed by atoms with Crippen molar-refractivity contribution in [3.8, 4) is 0 Å². The molecule has 57 valence electrons. The molecule has 0 spiro atoms. The molecular formula is C8H20P. The molecule has 0 heterocycles. The fraction of sp³-hybridized carbons (Fsp3) is 1.00. The van der Waals surface area contributed by atoms with Crippen molar-refractivity contribution in [2.24, 2.45) is 0 Å². The number of rotatable bonds is 4. The lowest BCUT2D eigenvalue weighted by atomic mass is 10.9. The van der Waals surface area contributed by atoms with Crippen molar-refractivity contribution in [1.29, 1.82) is 0 Å². The second kappa shape index (κ2) is 4.28. The zero-order valence-electron chi connectivity index (χ0n) is 7.28. The SMILES string of the molecule is CC[P](CC)(CC)CC. The first-order valence-corrected chi connectivity index (χ1v) is 6.62. The highest BCUT2D eigenvalue weighted by atomic mass is 31.2. The van der Waals surface area contributed by atoms with E-state index in [9.17, 15) is 0 Å². The Balaban J connectivity index is 3.82. The van der Waals surface area contributed by atoms with Crippen LogP contribution in [0.25, 0.3) is 0 Å². The lowest BCUT2D eigenvalue weighted by molar-refractivity contribution is 1.25. The maximum atomic E-state index is 2.35. The van der Waals surface area contributed by atoms with Crippen LogP contribution in [0.5, 0.6) is 0 Å². The molecule has 0 saturated heterocycles. The van der Waals surface area contributed by atoms with Crippen LogP contribution in [-0.2, 0) is 0 Å². The molecule has 0 aromatic carbocycles. The highest BCUT2D eigenvalue weighted by Crippen LogP contribution is 2.57. The summed E-state index contributed by atoms with van der Waals surface area (Å²) in [6, 6.07) is 0. The van der Waals surface area contributed by atoms with Gasteiger partial charge in [0, 0.05) is 0 Å². The normalized spacial score (nSPS) is 12.0. The van der Waals surface area contributed by atoms with Crippen molar-refractivity contribution < 1.29 is 0 Å². The maximum absolute atomic E-state index is 2.35. The fourth-order valence-corrected chi connectivity index (χ4v) is 4.02. The molecule has 0 atom stereocenters. The third kappa shape index (κ3) is 2.26. The summed E-state index contributed by atoms with van der Waals surface area (Å²) in [5.74, 6) is 0. The van der Waals surface area contributed by atoms with E-state index in [1.165, 1.54) is 24.6 Å². The highest BCUT2D eigenvalue weighted by Gasteiger charge is 2.16. The Morgan fingerprint density at radius 2 is 0.889 bits per heavy atom. The first-order chi connectivity index (χ1) is 4.24. The average molecular weight is 147 g/mol. The standard InChI is InChI=1S/C8H20P/c1-5-9(6-2,7-3)8-4/h5-8H2,1-4H3. The number of hydrogen-bond acceptors (Lipinski definition) is 0. The Bertz CT molecular complexity index is 47.5. The van der Waals surface area contributed by atoms with Crippen LogP contribution in [0.3, 0.4) is 0 Å². The van der Waals surface area contributed by atoms with Gasteiger partial charge in [-0.1, -0.05) is 27.7 Å². The van der Waals surface area contributed by atoms with Gasteiger partial charge in [-0.2, -0.15) is 0 Å². The topological polar surface area (TPSA) is 0 Å². The molecule has 0 fully saturated rings. The third-order valence-electron chi connectivity index (χ3n) is 2.68. The monoisotopic (exact) mass is 147 g/mol. The zero-order chi connectivity index (χ0) is 7.33. The summed E-state index contributed by atoms with van der Waals surface area (Å²) in [6.45, 7) is 9.41. The smallest absolute Gasteiger partial charge is 0.0388 e. The second-order valence-corrected chi connectivity index (χ2v) is 7.82. The summed E-state index contributed by atoms with van der Waals surface area (Å²) in [6.07, 6.45) is 5.82. The molecule has 0 nitrogen and oxygen atoms in total. The van der Waals surface area contributed by atoms with E-state index in [2.05, 4.69) is 27.7 Å². The Kier molecular flexibility index (Phi) is 4.48. The van der Waals surface area contributed by atoms with Crippen LogP contribution in [0.15, 0.2) is 0 Å². The van der Waals surface area contributed by atoms with Crippen LogP contribution in [0.1, 0.15) is 27.7 Å². The summed E-state index contributed by atoms with van der Waals surface area (Å²) in [7, 11) is -0.420. The molecule has 0 N–H and O–H groups in total. The van der Waals surface area contributed by atoms with Gasteiger partial charge in [0.1, 0.15) is 0 Å². The Morgan fingerprint density at radius 3 is 0.889 bits per heavy atom. The second-order valence-electron chi connectivity index (χ2n) is 2.61. The highest BCUT2D eigenvalue weighted by molar-refractivity contribution is 7.75. The summed E-state index contributed by atoms with van der Waals surface area (Å²) in [4.78, 5) is 0. The van der Waals surface area contributed by atoms with Crippen molar-refractivity contribution in [1.82, 2.24) is 0 Å².